The molecule has 0 unspecified atom stereocenters. The Morgan fingerprint density at radius 2 is 1.97 bits per heavy atom. The molecule has 0 bridgehead atoms. The van der Waals surface area contributed by atoms with Crippen LogP contribution in [0.3, 0.4) is 0 Å². The summed E-state index contributed by atoms with van der Waals surface area (Å²) in [7, 11) is 1.68. The molecule has 1 saturated heterocycles. The third-order valence-electron chi connectivity index (χ3n) is 5.42. The molecular weight excluding hydrogens is 396 g/mol. The lowest BCUT2D eigenvalue weighted by atomic mass is 10.1. The van der Waals surface area contributed by atoms with E-state index in [0.717, 1.165) is 52.3 Å². The second kappa shape index (κ2) is 10.2. The van der Waals surface area contributed by atoms with Crippen molar-refractivity contribution in [3.63, 3.8) is 0 Å². The van der Waals surface area contributed by atoms with Crippen molar-refractivity contribution >= 4 is 17.4 Å². The van der Waals surface area contributed by atoms with Crippen molar-refractivity contribution < 1.29 is 9.47 Å². The van der Waals surface area contributed by atoms with E-state index in [0.29, 0.717) is 6.61 Å². The van der Waals surface area contributed by atoms with Crippen molar-refractivity contribution in [1.29, 1.82) is 0 Å². The SMILES string of the molecule is CCSc1nc(-c2ccc(OC)c(OCCCN3CCCCC3)c2)cc2nccn12. The van der Waals surface area contributed by atoms with E-state index in [1.165, 1.54) is 32.4 Å². The van der Waals surface area contributed by atoms with Crippen molar-refractivity contribution in [2.75, 3.05) is 39.1 Å². The van der Waals surface area contributed by atoms with Gasteiger partial charge in [0, 0.05) is 30.6 Å². The molecule has 0 saturated carbocycles. The predicted molar refractivity (Wildman–Crippen MR) is 122 cm³/mol. The van der Waals surface area contributed by atoms with Gasteiger partial charge in [0.05, 0.1) is 19.4 Å². The number of nitrogens with zero attached hydrogens (tertiary/aromatic N) is 4. The highest BCUT2D eigenvalue weighted by atomic mass is 32.2. The zero-order chi connectivity index (χ0) is 20.8. The van der Waals surface area contributed by atoms with E-state index in [1.54, 1.807) is 18.9 Å². The first kappa shape index (κ1) is 21.0. The molecule has 0 radical (unpaired) electrons. The van der Waals surface area contributed by atoms with E-state index in [4.69, 9.17) is 14.5 Å². The van der Waals surface area contributed by atoms with Crippen LogP contribution in [0, 0.1) is 0 Å². The van der Waals surface area contributed by atoms with Gasteiger partial charge in [-0.1, -0.05) is 25.1 Å². The molecule has 0 N–H and O–H groups in total. The third kappa shape index (κ3) is 4.90. The van der Waals surface area contributed by atoms with Crippen LogP contribution in [0.5, 0.6) is 11.5 Å². The Labute approximate surface area is 182 Å². The Balaban J connectivity index is 1.50. The van der Waals surface area contributed by atoms with Crippen LogP contribution in [0.25, 0.3) is 16.9 Å². The van der Waals surface area contributed by atoms with Gasteiger partial charge < -0.3 is 14.4 Å². The van der Waals surface area contributed by atoms with Crippen LogP contribution >= 0.6 is 11.8 Å². The van der Waals surface area contributed by atoms with Gasteiger partial charge in [-0.25, -0.2) is 9.97 Å². The zero-order valence-corrected chi connectivity index (χ0v) is 18.7. The average Bonchev–Trinajstić information content (AvgIpc) is 3.26. The zero-order valence-electron chi connectivity index (χ0n) is 17.8. The molecule has 1 aliphatic rings. The van der Waals surface area contributed by atoms with Crippen molar-refractivity contribution in [1.82, 2.24) is 19.3 Å². The summed E-state index contributed by atoms with van der Waals surface area (Å²) in [4.78, 5) is 11.9. The van der Waals surface area contributed by atoms with E-state index in [1.807, 2.05) is 41.1 Å². The Morgan fingerprint density at radius 3 is 2.77 bits per heavy atom. The second-order valence-electron chi connectivity index (χ2n) is 7.48. The first-order valence-corrected chi connectivity index (χ1v) is 11.8. The maximum atomic E-state index is 6.13. The van der Waals surface area contributed by atoms with E-state index in [2.05, 4.69) is 16.8 Å². The lowest BCUT2D eigenvalue weighted by molar-refractivity contribution is 0.203. The maximum Gasteiger partial charge on any atom is 0.174 e. The summed E-state index contributed by atoms with van der Waals surface area (Å²) in [5, 5.41) is 0.947. The highest BCUT2D eigenvalue weighted by molar-refractivity contribution is 7.99. The molecule has 160 valence electrons. The van der Waals surface area contributed by atoms with Gasteiger partial charge in [-0.15, -0.1) is 0 Å². The number of rotatable bonds is 9. The number of hydrogen-bond acceptors (Lipinski definition) is 6. The summed E-state index contributed by atoms with van der Waals surface area (Å²) >= 11 is 1.71. The van der Waals surface area contributed by atoms with Gasteiger partial charge in [-0.2, -0.15) is 0 Å². The number of benzene rings is 1. The number of imidazole rings is 1. The highest BCUT2D eigenvalue weighted by Crippen LogP contribution is 2.33. The van der Waals surface area contributed by atoms with Crippen molar-refractivity contribution in [3.05, 3.63) is 36.7 Å². The van der Waals surface area contributed by atoms with Crippen LogP contribution in [0.2, 0.25) is 0 Å². The topological polar surface area (TPSA) is 51.9 Å². The fourth-order valence-electron chi connectivity index (χ4n) is 3.88. The third-order valence-corrected chi connectivity index (χ3v) is 6.25. The number of hydrogen-bond donors (Lipinski definition) is 0. The molecule has 3 heterocycles. The van der Waals surface area contributed by atoms with Crippen molar-refractivity contribution in [2.24, 2.45) is 0 Å². The Hall–Kier alpha value is -2.25. The molecule has 2 aromatic heterocycles. The summed E-state index contributed by atoms with van der Waals surface area (Å²) < 4.78 is 13.7. The number of fused-ring (bicyclic) bond motifs is 1. The quantitative estimate of drug-likeness (QED) is 0.279. The molecule has 7 heteroatoms. The van der Waals surface area contributed by atoms with Gasteiger partial charge in [0.15, 0.2) is 16.7 Å². The predicted octanol–water partition coefficient (Wildman–Crippen LogP) is 4.77. The minimum atomic E-state index is 0.681. The minimum absolute atomic E-state index is 0.681. The van der Waals surface area contributed by atoms with E-state index in [9.17, 15) is 0 Å². The second-order valence-corrected chi connectivity index (χ2v) is 8.71. The van der Waals surface area contributed by atoms with E-state index in [-0.39, 0.29) is 0 Å². The molecule has 30 heavy (non-hydrogen) atoms. The van der Waals surface area contributed by atoms with Crippen molar-refractivity contribution in [2.45, 2.75) is 37.8 Å². The molecule has 1 fully saturated rings. The fraction of sp³-hybridized carbons (Fsp3) is 0.478. The maximum absolute atomic E-state index is 6.13. The van der Waals surface area contributed by atoms with Gasteiger partial charge in [-0.3, -0.25) is 4.40 Å². The fourth-order valence-corrected chi connectivity index (χ4v) is 4.59. The lowest BCUT2D eigenvalue weighted by Gasteiger charge is -2.26. The summed E-state index contributed by atoms with van der Waals surface area (Å²) in [6.45, 7) is 6.35. The first-order valence-electron chi connectivity index (χ1n) is 10.8. The molecule has 4 rings (SSSR count). The smallest absolute Gasteiger partial charge is 0.174 e. The van der Waals surface area contributed by atoms with Crippen LogP contribution in [0.1, 0.15) is 32.6 Å². The highest BCUT2D eigenvalue weighted by Gasteiger charge is 2.13. The lowest BCUT2D eigenvalue weighted by Crippen LogP contribution is -2.31. The monoisotopic (exact) mass is 426 g/mol. The summed E-state index contributed by atoms with van der Waals surface area (Å²) in [6, 6.07) is 8.03. The van der Waals surface area contributed by atoms with Crippen LogP contribution in [-0.2, 0) is 0 Å². The van der Waals surface area contributed by atoms with Crippen LogP contribution in [0.4, 0.5) is 0 Å². The first-order chi connectivity index (χ1) is 14.8. The Kier molecular flexibility index (Phi) is 7.12. The van der Waals surface area contributed by atoms with Gasteiger partial charge in [0.2, 0.25) is 0 Å². The Bertz CT molecular complexity index is 969. The average molecular weight is 427 g/mol. The number of piperidine rings is 1. The van der Waals surface area contributed by atoms with Gasteiger partial charge in [0.1, 0.15) is 5.65 Å². The minimum Gasteiger partial charge on any atom is -0.493 e. The molecule has 0 spiro atoms. The molecule has 3 aromatic rings. The number of aromatic nitrogens is 3. The van der Waals surface area contributed by atoms with Crippen LogP contribution in [0.15, 0.2) is 41.8 Å². The van der Waals surface area contributed by atoms with Crippen LogP contribution < -0.4 is 9.47 Å². The summed E-state index contributed by atoms with van der Waals surface area (Å²) in [5.74, 6) is 2.47. The molecule has 6 nitrogen and oxygen atoms in total. The number of likely N-dealkylation sites (tertiary alicyclic amines) is 1. The molecule has 1 aromatic carbocycles. The molecule has 0 amide bonds. The normalized spacial score (nSPS) is 14.9. The standard InChI is InChI=1S/C23H30N4O2S/c1-3-30-23-25-19(17-22-24-10-14-27(22)23)18-8-9-20(28-2)21(16-18)29-15-7-13-26-11-5-4-6-12-26/h8-10,14,16-17H,3-7,11-13,15H2,1-2H3. The number of ether oxygens (including phenoxy) is 2. The van der Waals surface area contributed by atoms with E-state index >= 15 is 0 Å². The molecular formula is C23H30N4O2S. The molecule has 0 aliphatic carbocycles. The Morgan fingerprint density at radius 1 is 1.10 bits per heavy atom. The van der Waals surface area contributed by atoms with Gasteiger partial charge in [-0.05, 0) is 56.3 Å². The largest absolute Gasteiger partial charge is 0.493 e. The summed E-state index contributed by atoms with van der Waals surface area (Å²) in [5.41, 5.74) is 2.80. The van der Waals surface area contributed by atoms with Gasteiger partial charge in [0.25, 0.3) is 0 Å². The number of methoxy groups -OCH3 is 1. The van der Waals surface area contributed by atoms with E-state index < -0.39 is 0 Å². The van der Waals surface area contributed by atoms with Gasteiger partial charge >= 0.3 is 0 Å². The van der Waals surface area contributed by atoms with Crippen LogP contribution in [-0.4, -0.2) is 58.4 Å². The molecule has 1 aliphatic heterocycles. The summed E-state index contributed by atoms with van der Waals surface area (Å²) in [6.07, 6.45) is 8.79. The van der Waals surface area contributed by atoms with Crippen molar-refractivity contribution in [3.8, 4) is 22.8 Å². The number of thioether (sulfide) groups is 1. The molecule has 0 atom stereocenters.